The molecular formula is C13H19NO4. The molecule has 0 saturated heterocycles. The van der Waals surface area contributed by atoms with Crippen LogP contribution in [-0.2, 0) is 9.53 Å². The zero-order chi connectivity index (χ0) is 13.5. The van der Waals surface area contributed by atoms with Crippen LogP contribution in [0.5, 0.6) is 11.5 Å². The second-order valence-corrected chi connectivity index (χ2v) is 4.02. The van der Waals surface area contributed by atoms with E-state index in [9.17, 15) is 4.79 Å². The molecule has 1 rings (SSSR count). The van der Waals surface area contributed by atoms with Gasteiger partial charge in [0.05, 0.1) is 7.11 Å². The first-order valence-electron chi connectivity index (χ1n) is 5.65. The van der Waals surface area contributed by atoms with Gasteiger partial charge in [-0.25, -0.2) is 4.79 Å². The predicted molar refractivity (Wildman–Crippen MR) is 67.7 cm³/mol. The highest BCUT2D eigenvalue weighted by Crippen LogP contribution is 2.16. The van der Waals surface area contributed by atoms with Crippen LogP contribution in [0.15, 0.2) is 24.3 Å². The number of carbonyl (C=O) groups excluding carboxylic acids is 1. The summed E-state index contributed by atoms with van der Waals surface area (Å²) in [6, 6.07) is 7.01. The lowest BCUT2D eigenvalue weighted by Gasteiger charge is -2.19. The average Bonchev–Trinajstić information content (AvgIpc) is 2.36. The second-order valence-electron chi connectivity index (χ2n) is 4.02. The van der Waals surface area contributed by atoms with Gasteiger partial charge in [-0.05, 0) is 45.3 Å². The van der Waals surface area contributed by atoms with E-state index < -0.39 is 5.97 Å². The molecule has 1 unspecified atom stereocenters. The average molecular weight is 253 g/mol. The predicted octanol–water partition coefficient (Wildman–Crippen LogP) is 1.52. The van der Waals surface area contributed by atoms with Crippen molar-refractivity contribution in [1.82, 2.24) is 4.90 Å². The minimum absolute atomic E-state index is 0.107. The molecule has 0 aliphatic rings. The van der Waals surface area contributed by atoms with Crippen molar-refractivity contribution in [3.63, 3.8) is 0 Å². The molecule has 5 heteroatoms. The van der Waals surface area contributed by atoms with E-state index >= 15 is 0 Å². The Labute approximate surface area is 107 Å². The Balaban J connectivity index is 2.37. The lowest BCUT2D eigenvalue weighted by molar-refractivity contribution is -0.157. The van der Waals surface area contributed by atoms with Crippen molar-refractivity contribution in [1.29, 1.82) is 0 Å². The van der Waals surface area contributed by atoms with Crippen LogP contribution < -0.4 is 9.47 Å². The number of nitrogens with zero attached hydrogens (tertiary/aromatic N) is 1. The Morgan fingerprint density at radius 2 is 1.78 bits per heavy atom. The molecule has 100 valence electrons. The number of carbonyl (C=O) groups is 1. The van der Waals surface area contributed by atoms with E-state index in [1.165, 1.54) is 0 Å². The first kappa shape index (κ1) is 14.3. The lowest BCUT2D eigenvalue weighted by atomic mass is 10.3. The summed E-state index contributed by atoms with van der Waals surface area (Å²) in [5.74, 6) is 0.948. The molecule has 1 atom stereocenters. The van der Waals surface area contributed by atoms with E-state index in [2.05, 4.69) is 0 Å². The Morgan fingerprint density at radius 3 is 2.28 bits per heavy atom. The molecule has 1 aromatic carbocycles. The summed E-state index contributed by atoms with van der Waals surface area (Å²) >= 11 is 0. The number of hydrogen-bond acceptors (Lipinski definition) is 5. The van der Waals surface area contributed by atoms with Crippen molar-refractivity contribution in [3.8, 4) is 11.5 Å². The molecule has 0 N–H and O–H groups in total. The first-order valence-corrected chi connectivity index (χ1v) is 5.65. The number of methoxy groups -OCH3 is 1. The van der Waals surface area contributed by atoms with Crippen molar-refractivity contribution < 1.29 is 19.0 Å². The fourth-order valence-corrected chi connectivity index (χ4v) is 1.14. The molecule has 0 aliphatic heterocycles. The largest absolute Gasteiger partial charge is 0.497 e. The highest BCUT2D eigenvalue weighted by Gasteiger charge is 2.11. The Morgan fingerprint density at radius 1 is 1.22 bits per heavy atom. The zero-order valence-electron chi connectivity index (χ0n) is 11.2. The summed E-state index contributed by atoms with van der Waals surface area (Å²) in [7, 11) is 5.26. The fraction of sp³-hybridized carbons (Fsp3) is 0.462. The standard InChI is InChI=1S/C13H19NO4/c1-10(14(2)3)18-13(15)9-17-12-7-5-11(16-4)6-8-12/h5-8,10H,9H2,1-4H3. The van der Waals surface area contributed by atoms with Crippen LogP contribution >= 0.6 is 0 Å². The molecule has 0 aromatic heterocycles. The third-order valence-corrected chi connectivity index (χ3v) is 2.45. The number of benzene rings is 1. The normalized spacial score (nSPS) is 12.1. The Hall–Kier alpha value is -1.75. The van der Waals surface area contributed by atoms with Crippen molar-refractivity contribution in [2.24, 2.45) is 0 Å². The SMILES string of the molecule is COc1ccc(OCC(=O)OC(C)N(C)C)cc1. The third-order valence-electron chi connectivity index (χ3n) is 2.45. The second kappa shape index (κ2) is 6.86. The van der Waals surface area contributed by atoms with Gasteiger partial charge in [0, 0.05) is 0 Å². The van der Waals surface area contributed by atoms with Crippen molar-refractivity contribution in [2.75, 3.05) is 27.8 Å². The molecule has 0 amide bonds. The van der Waals surface area contributed by atoms with Gasteiger partial charge in [0.1, 0.15) is 11.5 Å². The van der Waals surface area contributed by atoms with Crippen LogP contribution in [0.2, 0.25) is 0 Å². The molecule has 0 aliphatic carbocycles. The molecule has 18 heavy (non-hydrogen) atoms. The smallest absolute Gasteiger partial charge is 0.345 e. The number of esters is 1. The minimum atomic E-state index is -0.396. The van der Waals surface area contributed by atoms with Gasteiger partial charge < -0.3 is 14.2 Å². The van der Waals surface area contributed by atoms with E-state index in [4.69, 9.17) is 14.2 Å². The molecule has 0 radical (unpaired) electrons. The van der Waals surface area contributed by atoms with Gasteiger partial charge in [-0.3, -0.25) is 4.90 Å². The summed E-state index contributed by atoms with van der Waals surface area (Å²) in [5.41, 5.74) is 0. The zero-order valence-corrected chi connectivity index (χ0v) is 11.2. The van der Waals surface area contributed by atoms with Crippen LogP contribution in [0.1, 0.15) is 6.92 Å². The lowest BCUT2D eigenvalue weighted by Crippen LogP contribution is -2.31. The van der Waals surface area contributed by atoms with Crippen LogP contribution in [0.3, 0.4) is 0 Å². The number of hydrogen-bond donors (Lipinski definition) is 0. The summed E-state index contributed by atoms with van der Waals surface area (Å²) in [6.45, 7) is 1.69. The molecule has 0 saturated carbocycles. The Kier molecular flexibility index (Phi) is 5.45. The highest BCUT2D eigenvalue weighted by molar-refractivity contribution is 5.71. The van der Waals surface area contributed by atoms with E-state index in [0.717, 1.165) is 5.75 Å². The Bertz CT molecular complexity index is 375. The van der Waals surface area contributed by atoms with Crippen LogP contribution in [0.4, 0.5) is 0 Å². The van der Waals surface area contributed by atoms with Gasteiger partial charge in [0.25, 0.3) is 0 Å². The molecular weight excluding hydrogens is 234 g/mol. The maximum atomic E-state index is 11.5. The minimum Gasteiger partial charge on any atom is -0.497 e. The summed E-state index contributed by atoms with van der Waals surface area (Å²) < 4.78 is 15.4. The van der Waals surface area contributed by atoms with E-state index in [1.54, 1.807) is 43.2 Å². The topological polar surface area (TPSA) is 48.0 Å². The third kappa shape index (κ3) is 4.63. The van der Waals surface area contributed by atoms with Gasteiger partial charge in [0.15, 0.2) is 12.8 Å². The van der Waals surface area contributed by atoms with Gasteiger partial charge in [0.2, 0.25) is 0 Å². The van der Waals surface area contributed by atoms with Crippen LogP contribution in [0, 0.1) is 0 Å². The van der Waals surface area contributed by atoms with Crippen LogP contribution in [-0.4, -0.2) is 44.9 Å². The van der Waals surface area contributed by atoms with Crippen LogP contribution in [0.25, 0.3) is 0 Å². The number of rotatable bonds is 6. The van der Waals surface area contributed by atoms with Gasteiger partial charge >= 0.3 is 5.97 Å². The summed E-state index contributed by atoms with van der Waals surface area (Å²) in [6.07, 6.45) is -0.267. The highest BCUT2D eigenvalue weighted by atomic mass is 16.6. The molecule has 0 fully saturated rings. The fourth-order valence-electron chi connectivity index (χ4n) is 1.14. The number of ether oxygens (including phenoxy) is 3. The first-order chi connectivity index (χ1) is 8.52. The van der Waals surface area contributed by atoms with E-state index in [0.29, 0.717) is 5.75 Å². The van der Waals surface area contributed by atoms with Gasteiger partial charge in [-0.2, -0.15) is 0 Å². The van der Waals surface area contributed by atoms with E-state index in [1.807, 2.05) is 14.1 Å². The maximum Gasteiger partial charge on any atom is 0.345 e. The van der Waals surface area contributed by atoms with E-state index in [-0.39, 0.29) is 12.8 Å². The quantitative estimate of drug-likeness (QED) is 0.568. The van der Waals surface area contributed by atoms with Crippen molar-refractivity contribution >= 4 is 5.97 Å². The molecule has 0 heterocycles. The summed E-state index contributed by atoms with van der Waals surface area (Å²) in [5, 5.41) is 0. The maximum absolute atomic E-state index is 11.5. The molecule has 0 spiro atoms. The molecule has 0 bridgehead atoms. The molecule has 5 nitrogen and oxygen atoms in total. The van der Waals surface area contributed by atoms with Crippen molar-refractivity contribution in [2.45, 2.75) is 13.2 Å². The van der Waals surface area contributed by atoms with Gasteiger partial charge in [-0.15, -0.1) is 0 Å². The van der Waals surface area contributed by atoms with Crippen molar-refractivity contribution in [3.05, 3.63) is 24.3 Å². The summed E-state index contributed by atoms with van der Waals surface area (Å²) in [4.78, 5) is 13.3. The molecule has 1 aromatic rings. The monoisotopic (exact) mass is 253 g/mol. The van der Waals surface area contributed by atoms with Gasteiger partial charge in [-0.1, -0.05) is 0 Å².